The summed E-state index contributed by atoms with van der Waals surface area (Å²) in [6.07, 6.45) is 20.2. The zero-order chi connectivity index (χ0) is 20.3. The van der Waals surface area contributed by atoms with Gasteiger partial charge in [0.2, 0.25) is 0 Å². The van der Waals surface area contributed by atoms with Gasteiger partial charge in [-0.3, -0.25) is 4.98 Å². The molecule has 1 nitrogen and oxygen atoms in total. The number of hydrogen-bond donors (Lipinski definition) is 0. The summed E-state index contributed by atoms with van der Waals surface area (Å²) in [5.74, 6) is 1.96. The molecule has 1 aliphatic rings. The molecule has 1 saturated carbocycles. The van der Waals surface area contributed by atoms with Crippen LogP contribution in [0.3, 0.4) is 0 Å². The Morgan fingerprint density at radius 1 is 0.724 bits per heavy atom. The van der Waals surface area contributed by atoms with Gasteiger partial charge in [-0.15, -0.1) is 0 Å². The van der Waals surface area contributed by atoms with E-state index in [1.165, 1.54) is 93.7 Å². The van der Waals surface area contributed by atoms with Gasteiger partial charge >= 0.3 is 0 Å². The molecule has 1 fully saturated rings. The molecule has 0 spiro atoms. The van der Waals surface area contributed by atoms with Gasteiger partial charge in [0.1, 0.15) is 0 Å². The summed E-state index contributed by atoms with van der Waals surface area (Å²) in [6.45, 7) is 4.50. The molecule has 1 heterocycles. The van der Waals surface area contributed by atoms with E-state index in [-0.39, 0.29) is 0 Å². The molecule has 0 atom stereocenters. The highest BCUT2D eigenvalue weighted by Gasteiger charge is 2.20. The number of benzene rings is 1. The molecule has 2 aromatic rings. The molecule has 158 valence electrons. The van der Waals surface area contributed by atoms with Gasteiger partial charge in [-0.05, 0) is 48.3 Å². The molecular weight excluding hydrogens is 350 g/mol. The summed E-state index contributed by atoms with van der Waals surface area (Å²) >= 11 is 0. The van der Waals surface area contributed by atoms with Crippen LogP contribution in [-0.2, 0) is 12.8 Å². The molecule has 0 saturated heterocycles. The van der Waals surface area contributed by atoms with Crippen LogP contribution in [0.2, 0.25) is 0 Å². The van der Waals surface area contributed by atoms with E-state index in [2.05, 4.69) is 56.4 Å². The fourth-order valence-electron chi connectivity index (χ4n) is 4.87. The average molecular weight is 392 g/mol. The number of hydrogen-bond acceptors (Lipinski definition) is 1. The third kappa shape index (κ3) is 7.28. The highest BCUT2D eigenvalue weighted by molar-refractivity contribution is 5.59. The van der Waals surface area contributed by atoms with Crippen molar-refractivity contribution in [1.82, 2.24) is 4.98 Å². The van der Waals surface area contributed by atoms with E-state index >= 15 is 0 Å². The Balaban J connectivity index is 1.36. The zero-order valence-electron chi connectivity index (χ0n) is 18.8. The predicted octanol–water partition coefficient (Wildman–Crippen LogP) is 8.41. The topological polar surface area (TPSA) is 12.9 Å². The molecule has 29 heavy (non-hydrogen) atoms. The molecule has 0 bridgehead atoms. The van der Waals surface area contributed by atoms with Crippen LogP contribution in [0.5, 0.6) is 0 Å². The van der Waals surface area contributed by atoms with Crippen molar-refractivity contribution in [3.05, 3.63) is 53.7 Å². The van der Waals surface area contributed by atoms with Crippen LogP contribution in [0.25, 0.3) is 11.3 Å². The lowest BCUT2D eigenvalue weighted by molar-refractivity contribution is 0.248. The van der Waals surface area contributed by atoms with Crippen molar-refractivity contribution >= 4 is 0 Å². The quantitative estimate of drug-likeness (QED) is 0.350. The Hall–Kier alpha value is -1.63. The molecule has 1 heteroatoms. The molecule has 0 N–H and O–H groups in total. The maximum Gasteiger partial charge on any atom is 0.0702 e. The first-order valence-electron chi connectivity index (χ1n) is 12.3. The first kappa shape index (κ1) is 22.1. The van der Waals surface area contributed by atoms with Crippen LogP contribution < -0.4 is 0 Å². The fraction of sp³-hybridized carbons (Fsp3) is 0.607. The third-order valence-corrected chi connectivity index (χ3v) is 7.01. The second-order valence-corrected chi connectivity index (χ2v) is 9.23. The Morgan fingerprint density at radius 3 is 2.00 bits per heavy atom. The maximum absolute atomic E-state index is 4.74. The average Bonchev–Trinajstić information content (AvgIpc) is 2.79. The SMILES string of the molecule is CCCCCCC[C@H]1CC[C@H](CCc2ccc(-c3ccc(CC)cc3)nc2)CC1. The highest BCUT2D eigenvalue weighted by Crippen LogP contribution is 2.34. The van der Waals surface area contributed by atoms with Gasteiger partial charge in [-0.25, -0.2) is 0 Å². The molecule has 0 amide bonds. The van der Waals surface area contributed by atoms with Crippen LogP contribution in [0.15, 0.2) is 42.6 Å². The standard InChI is InChI=1S/C28H41N/c1-3-5-6-7-8-9-24-10-12-25(13-11-24)14-15-26-18-21-28(29-22-26)27-19-16-23(4-2)17-20-27/h16-22,24-25H,3-15H2,1-2H3/t24-,25-. The molecule has 0 radical (unpaired) electrons. The molecule has 3 rings (SSSR count). The van der Waals surface area contributed by atoms with E-state index < -0.39 is 0 Å². The number of rotatable bonds is 11. The van der Waals surface area contributed by atoms with E-state index in [1.54, 1.807) is 0 Å². The molecule has 1 aromatic heterocycles. The third-order valence-electron chi connectivity index (χ3n) is 7.01. The molecule has 1 aromatic carbocycles. The van der Waals surface area contributed by atoms with Crippen molar-refractivity contribution in [1.29, 1.82) is 0 Å². The van der Waals surface area contributed by atoms with E-state index in [1.807, 2.05) is 0 Å². The minimum Gasteiger partial charge on any atom is -0.256 e. The van der Waals surface area contributed by atoms with E-state index in [0.29, 0.717) is 0 Å². The van der Waals surface area contributed by atoms with Gasteiger partial charge in [0, 0.05) is 11.8 Å². The van der Waals surface area contributed by atoms with Crippen molar-refractivity contribution in [2.75, 3.05) is 0 Å². The first-order valence-corrected chi connectivity index (χ1v) is 12.3. The number of aromatic nitrogens is 1. The number of unbranched alkanes of at least 4 members (excludes halogenated alkanes) is 4. The maximum atomic E-state index is 4.74. The minimum atomic E-state index is 0.938. The van der Waals surface area contributed by atoms with Crippen LogP contribution in [0, 0.1) is 11.8 Å². The largest absolute Gasteiger partial charge is 0.256 e. The first-order chi connectivity index (χ1) is 14.3. The van der Waals surface area contributed by atoms with Crippen LogP contribution in [0.4, 0.5) is 0 Å². The van der Waals surface area contributed by atoms with Gasteiger partial charge in [-0.2, -0.15) is 0 Å². The number of pyridine rings is 1. The Morgan fingerprint density at radius 2 is 1.38 bits per heavy atom. The second kappa shape index (κ2) is 12.2. The highest BCUT2D eigenvalue weighted by atomic mass is 14.7. The minimum absolute atomic E-state index is 0.938. The second-order valence-electron chi connectivity index (χ2n) is 9.23. The lowest BCUT2D eigenvalue weighted by Gasteiger charge is -2.28. The summed E-state index contributed by atoms with van der Waals surface area (Å²) in [5.41, 5.74) is 5.10. The number of nitrogens with zero attached hydrogens (tertiary/aromatic N) is 1. The van der Waals surface area contributed by atoms with Crippen molar-refractivity contribution in [3.8, 4) is 11.3 Å². The smallest absolute Gasteiger partial charge is 0.0702 e. The van der Waals surface area contributed by atoms with Crippen molar-refractivity contribution < 1.29 is 0 Å². The summed E-state index contributed by atoms with van der Waals surface area (Å²) in [4.78, 5) is 4.74. The van der Waals surface area contributed by atoms with Crippen LogP contribution in [0.1, 0.15) is 95.6 Å². The molecule has 0 unspecified atom stereocenters. The predicted molar refractivity (Wildman–Crippen MR) is 126 cm³/mol. The Kier molecular flexibility index (Phi) is 9.25. The lowest BCUT2D eigenvalue weighted by Crippen LogP contribution is -2.15. The normalized spacial score (nSPS) is 19.4. The summed E-state index contributed by atoms with van der Waals surface area (Å²) in [6, 6.07) is 13.3. The molecular formula is C28H41N. The van der Waals surface area contributed by atoms with Crippen molar-refractivity contribution in [3.63, 3.8) is 0 Å². The summed E-state index contributed by atoms with van der Waals surface area (Å²) in [7, 11) is 0. The Labute approximate surface area is 179 Å². The van der Waals surface area contributed by atoms with E-state index in [9.17, 15) is 0 Å². The zero-order valence-corrected chi connectivity index (χ0v) is 18.8. The summed E-state index contributed by atoms with van der Waals surface area (Å²) in [5, 5.41) is 0. The van der Waals surface area contributed by atoms with E-state index in [4.69, 9.17) is 4.98 Å². The van der Waals surface area contributed by atoms with Crippen molar-refractivity contribution in [2.24, 2.45) is 11.8 Å². The van der Waals surface area contributed by atoms with Crippen LogP contribution in [-0.4, -0.2) is 4.98 Å². The molecule has 0 aliphatic heterocycles. The van der Waals surface area contributed by atoms with E-state index in [0.717, 1.165) is 24.0 Å². The van der Waals surface area contributed by atoms with Gasteiger partial charge in [0.25, 0.3) is 0 Å². The monoisotopic (exact) mass is 391 g/mol. The van der Waals surface area contributed by atoms with Gasteiger partial charge < -0.3 is 0 Å². The van der Waals surface area contributed by atoms with Crippen LogP contribution >= 0.6 is 0 Å². The Bertz CT molecular complexity index is 677. The lowest BCUT2D eigenvalue weighted by atomic mass is 9.78. The van der Waals surface area contributed by atoms with Gasteiger partial charge in [0.15, 0.2) is 0 Å². The summed E-state index contributed by atoms with van der Waals surface area (Å²) < 4.78 is 0. The van der Waals surface area contributed by atoms with Gasteiger partial charge in [0.05, 0.1) is 5.69 Å². The fourth-order valence-corrected chi connectivity index (χ4v) is 4.87. The number of aryl methyl sites for hydroxylation is 2. The van der Waals surface area contributed by atoms with Gasteiger partial charge in [-0.1, -0.05) is 108 Å². The van der Waals surface area contributed by atoms with Crippen molar-refractivity contribution in [2.45, 2.75) is 97.3 Å². The molecule has 1 aliphatic carbocycles.